The van der Waals surface area contributed by atoms with Crippen molar-refractivity contribution < 1.29 is 0 Å². The minimum atomic E-state index is -0.151. The second-order valence-corrected chi connectivity index (χ2v) is 7.70. The van der Waals surface area contributed by atoms with E-state index in [4.69, 9.17) is 34.3 Å². The van der Waals surface area contributed by atoms with Crippen LogP contribution in [0.2, 0.25) is 10.0 Å². The van der Waals surface area contributed by atoms with Gasteiger partial charge in [0.15, 0.2) is 0 Å². The highest BCUT2D eigenvalue weighted by atomic mass is 35.5. The number of nitrogens with one attached hydrogen (secondary N) is 1. The molecule has 0 saturated heterocycles. The van der Waals surface area contributed by atoms with Gasteiger partial charge in [0.25, 0.3) is 0 Å². The van der Waals surface area contributed by atoms with Gasteiger partial charge >= 0.3 is 0 Å². The Morgan fingerprint density at radius 3 is 2.04 bits per heavy atom. The van der Waals surface area contributed by atoms with E-state index in [1.54, 1.807) is 0 Å². The molecule has 1 aliphatic heterocycles. The molecule has 1 aliphatic rings. The third-order valence-electron chi connectivity index (χ3n) is 5.04. The lowest BCUT2D eigenvalue weighted by atomic mass is 9.69. The SMILES string of the molecule is CCCC1(C)c2cc(Cl)ccc2N(CCC(=N)N)c2ccc(Cl)cc21. The fourth-order valence-electron chi connectivity index (χ4n) is 3.89. The average molecular weight is 376 g/mol. The third kappa shape index (κ3) is 3.23. The Labute approximate surface area is 159 Å². The lowest BCUT2D eigenvalue weighted by Crippen LogP contribution is -2.36. The second-order valence-electron chi connectivity index (χ2n) is 6.83. The Kier molecular flexibility index (Phi) is 4.99. The summed E-state index contributed by atoms with van der Waals surface area (Å²) >= 11 is 12.7. The van der Waals surface area contributed by atoms with E-state index >= 15 is 0 Å². The van der Waals surface area contributed by atoms with E-state index < -0.39 is 0 Å². The number of nitrogens with zero attached hydrogens (tertiary/aromatic N) is 1. The maximum absolute atomic E-state index is 7.60. The van der Waals surface area contributed by atoms with Crippen LogP contribution in [0.25, 0.3) is 0 Å². The Morgan fingerprint density at radius 2 is 1.60 bits per heavy atom. The first-order chi connectivity index (χ1) is 11.9. The lowest BCUT2D eigenvalue weighted by Gasteiger charge is -2.44. The van der Waals surface area contributed by atoms with Crippen molar-refractivity contribution in [3.05, 3.63) is 57.6 Å². The minimum Gasteiger partial charge on any atom is -0.388 e. The summed E-state index contributed by atoms with van der Waals surface area (Å²) < 4.78 is 0. The summed E-state index contributed by atoms with van der Waals surface area (Å²) in [4.78, 5) is 2.23. The molecule has 0 unspecified atom stereocenters. The van der Waals surface area contributed by atoms with Gasteiger partial charge in [-0.2, -0.15) is 0 Å². The van der Waals surface area contributed by atoms with Crippen molar-refractivity contribution in [1.82, 2.24) is 0 Å². The summed E-state index contributed by atoms with van der Waals surface area (Å²) in [6, 6.07) is 12.1. The largest absolute Gasteiger partial charge is 0.388 e. The number of fused-ring (bicyclic) bond motifs is 2. The van der Waals surface area contributed by atoms with Gasteiger partial charge in [0, 0.05) is 39.8 Å². The molecule has 0 atom stereocenters. The van der Waals surface area contributed by atoms with Gasteiger partial charge in [-0.05, 0) is 53.9 Å². The highest BCUT2D eigenvalue weighted by molar-refractivity contribution is 6.31. The molecule has 0 aromatic heterocycles. The number of halogens is 2. The Bertz CT molecular complexity index is 763. The number of rotatable bonds is 5. The smallest absolute Gasteiger partial charge is 0.0923 e. The number of benzene rings is 2. The molecule has 0 radical (unpaired) electrons. The summed E-state index contributed by atoms with van der Waals surface area (Å²) in [6.07, 6.45) is 2.57. The van der Waals surface area contributed by atoms with Gasteiger partial charge in [0.1, 0.15) is 0 Å². The molecule has 0 bridgehead atoms. The Morgan fingerprint density at radius 1 is 1.08 bits per heavy atom. The first kappa shape index (κ1) is 18.1. The molecule has 3 nitrogen and oxygen atoms in total. The van der Waals surface area contributed by atoms with Crippen LogP contribution in [0.3, 0.4) is 0 Å². The number of anilines is 2. The molecular formula is C20H23Cl2N3. The fraction of sp³-hybridized carbons (Fsp3) is 0.350. The summed E-state index contributed by atoms with van der Waals surface area (Å²) in [5.41, 5.74) is 10.2. The molecule has 3 rings (SSSR count). The lowest BCUT2D eigenvalue weighted by molar-refractivity contribution is 0.505. The molecular weight excluding hydrogens is 353 g/mol. The molecule has 5 heteroatoms. The maximum atomic E-state index is 7.60. The zero-order valence-corrected chi connectivity index (χ0v) is 16.1. The normalized spacial score (nSPS) is 14.8. The molecule has 1 heterocycles. The number of amidine groups is 1. The molecule has 3 N–H and O–H groups in total. The topological polar surface area (TPSA) is 53.1 Å². The first-order valence-corrected chi connectivity index (χ1v) is 9.33. The fourth-order valence-corrected chi connectivity index (χ4v) is 4.23. The van der Waals surface area contributed by atoms with Crippen LogP contribution >= 0.6 is 23.2 Å². The van der Waals surface area contributed by atoms with Crippen LogP contribution in [0.1, 0.15) is 44.2 Å². The van der Waals surface area contributed by atoms with Crippen molar-refractivity contribution in [1.29, 1.82) is 5.41 Å². The molecule has 0 saturated carbocycles. The highest BCUT2D eigenvalue weighted by Gasteiger charge is 2.39. The van der Waals surface area contributed by atoms with Crippen molar-refractivity contribution in [2.75, 3.05) is 11.4 Å². The van der Waals surface area contributed by atoms with Crippen LogP contribution in [-0.4, -0.2) is 12.4 Å². The van der Waals surface area contributed by atoms with Crippen molar-refractivity contribution in [2.24, 2.45) is 5.73 Å². The van der Waals surface area contributed by atoms with Crippen molar-refractivity contribution in [3.8, 4) is 0 Å². The minimum absolute atomic E-state index is 0.151. The quantitative estimate of drug-likeness (QED) is 0.506. The van der Waals surface area contributed by atoms with E-state index in [-0.39, 0.29) is 11.3 Å². The first-order valence-electron chi connectivity index (χ1n) is 8.57. The van der Waals surface area contributed by atoms with Crippen molar-refractivity contribution in [2.45, 2.75) is 38.5 Å². The Balaban J connectivity index is 2.24. The maximum Gasteiger partial charge on any atom is 0.0923 e. The number of hydrogen-bond donors (Lipinski definition) is 2. The van der Waals surface area contributed by atoms with Crippen LogP contribution < -0.4 is 10.6 Å². The average Bonchev–Trinajstić information content (AvgIpc) is 2.56. The van der Waals surface area contributed by atoms with E-state index in [1.807, 2.05) is 12.1 Å². The van der Waals surface area contributed by atoms with Gasteiger partial charge in [0.2, 0.25) is 0 Å². The van der Waals surface area contributed by atoms with Crippen molar-refractivity contribution in [3.63, 3.8) is 0 Å². The van der Waals surface area contributed by atoms with Crippen LogP contribution in [0, 0.1) is 5.41 Å². The molecule has 25 heavy (non-hydrogen) atoms. The summed E-state index contributed by atoms with van der Waals surface area (Å²) in [7, 11) is 0. The van der Waals surface area contributed by atoms with Gasteiger partial charge in [-0.1, -0.05) is 43.5 Å². The summed E-state index contributed by atoms with van der Waals surface area (Å²) in [5, 5.41) is 9.07. The zero-order chi connectivity index (χ0) is 18.2. The van der Waals surface area contributed by atoms with Crippen LogP contribution in [0.5, 0.6) is 0 Å². The molecule has 132 valence electrons. The van der Waals surface area contributed by atoms with E-state index in [9.17, 15) is 0 Å². The third-order valence-corrected chi connectivity index (χ3v) is 5.51. The number of nitrogens with two attached hydrogens (primary N) is 1. The van der Waals surface area contributed by atoms with Gasteiger partial charge in [-0.25, -0.2) is 0 Å². The van der Waals surface area contributed by atoms with Crippen LogP contribution in [0.4, 0.5) is 11.4 Å². The Hall–Kier alpha value is -1.71. The second kappa shape index (κ2) is 6.89. The predicted octanol–water partition coefficient (Wildman–Crippen LogP) is 5.88. The summed E-state index contributed by atoms with van der Waals surface area (Å²) in [5.74, 6) is 0.188. The zero-order valence-electron chi connectivity index (χ0n) is 14.6. The van der Waals surface area contributed by atoms with Gasteiger partial charge in [0.05, 0.1) is 5.84 Å². The van der Waals surface area contributed by atoms with E-state index in [1.165, 1.54) is 11.1 Å². The van der Waals surface area contributed by atoms with Gasteiger partial charge in [-0.15, -0.1) is 0 Å². The van der Waals surface area contributed by atoms with E-state index in [2.05, 4.69) is 43.0 Å². The summed E-state index contributed by atoms with van der Waals surface area (Å²) in [6.45, 7) is 5.12. The molecule has 0 spiro atoms. The monoisotopic (exact) mass is 375 g/mol. The molecule has 0 fully saturated rings. The van der Waals surface area contributed by atoms with E-state index in [0.717, 1.165) is 34.3 Å². The standard InChI is InChI=1S/C20H23Cl2N3/c1-3-9-20(2)15-11-13(21)4-6-17(15)25(10-8-19(23)24)18-7-5-14(22)12-16(18)20/h4-7,11-12H,3,8-10H2,1-2H3,(H3,23,24). The molecule has 2 aromatic carbocycles. The predicted molar refractivity (Wildman–Crippen MR) is 108 cm³/mol. The van der Waals surface area contributed by atoms with E-state index in [0.29, 0.717) is 13.0 Å². The van der Waals surface area contributed by atoms with Crippen LogP contribution in [-0.2, 0) is 5.41 Å². The number of hydrogen-bond acceptors (Lipinski definition) is 2. The molecule has 0 aliphatic carbocycles. The van der Waals surface area contributed by atoms with Gasteiger partial charge < -0.3 is 10.6 Å². The highest BCUT2D eigenvalue weighted by Crippen LogP contribution is 2.52. The van der Waals surface area contributed by atoms with Gasteiger partial charge in [-0.3, -0.25) is 5.41 Å². The molecule has 0 amide bonds. The van der Waals surface area contributed by atoms with Crippen molar-refractivity contribution >= 4 is 40.4 Å². The van der Waals surface area contributed by atoms with Crippen LogP contribution in [0.15, 0.2) is 36.4 Å². The molecule has 2 aromatic rings.